The fourth-order valence-electron chi connectivity index (χ4n) is 7.41. The monoisotopic (exact) mass is 617 g/mol. The fourth-order valence-corrected chi connectivity index (χ4v) is 8.40. The number of nitrogens with zero attached hydrogens (tertiary/aromatic N) is 4. The van der Waals surface area contributed by atoms with E-state index >= 15 is 0 Å². The van der Waals surface area contributed by atoms with Crippen molar-refractivity contribution < 1.29 is 17.9 Å². The van der Waals surface area contributed by atoms with Crippen LogP contribution in [0.5, 0.6) is 5.88 Å². The largest absolute Gasteiger partial charge is 0.475 e. The Morgan fingerprint density at radius 3 is 2.36 bits per heavy atom. The van der Waals surface area contributed by atoms with E-state index in [0.717, 1.165) is 48.8 Å². The van der Waals surface area contributed by atoms with Gasteiger partial charge in [0.2, 0.25) is 11.8 Å². The first-order valence-corrected chi connectivity index (χ1v) is 17.0. The van der Waals surface area contributed by atoms with Crippen LogP contribution >= 0.6 is 0 Å². The highest BCUT2D eigenvalue weighted by Gasteiger charge is 2.56. The number of anilines is 1. The minimum absolute atomic E-state index is 0.00982. The zero-order valence-electron chi connectivity index (χ0n) is 26.5. The minimum Gasteiger partial charge on any atom is -0.475 e. The fraction of sp³-hybridized carbons (Fsp3) is 0.500. The molecule has 3 aromatic rings. The van der Waals surface area contributed by atoms with Crippen molar-refractivity contribution in [3.8, 4) is 17.1 Å². The molecule has 1 spiro atoms. The molecule has 1 amide bonds. The molecular formula is C34H43N5O4S. The summed E-state index contributed by atoms with van der Waals surface area (Å²) in [5.74, 6) is 0.341. The van der Waals surface area contributed by atoms with Gasteiger partial charge in [-0.3, -0.25) is 4.79 Å². The van der Waals surface area contributed by atoms with Gasteiger partial charge < -0.3 is 14.5 Å². The average Bonchev–Trinajstić information content (AvgIpc) is 2.90. The summed E-state index contributed by atoms with van der Waals surface area (Å²) in [7, 11) is 0.166. The van der Waals surface area contributed by atoms with Gasteiger partial charge in [-0.2, -0.15) is 4.98 Å². The average molecular weight is 618 g/mol. The first-order chi connectivity index (χ1) is 20.8. The van der Waals surface area contributed by atoms with Crippen LogP contribution in [0.15, 0.2) is 53.4 Å². The number of aryl methyl sites for hydroxylation is 2. The highest BCUT2D eigenvalue weighted by Crippen LogP contribution is 2.58. The summed E-state index contributed by atoms with van der Waals surface area (Å²) in [5, 5.41) is 0. The maximum absolute atomic E-state index is 14.4. The molecule has 4 bridgehead atoms. The predicted molar refractivity (Wildman–Crippen MR) is 171 cm³/mol. The molecule has 1 atom stereocenters. The summed E-state index contributed by atoms with van der Waals surface area (Å²) in [4.78, 5) is 27.8. The molecule has 0 radical (unpaired) electrons. The van der Waals surface area contributed by atoms with Crippen molar-refractivity contribution in [2.24, 2.45) is 11.3 Å². The number of carbonyl (C=O) groups is 1. The number of rotatable bonds is 5. The standard InChI is InChI=1S/C34H43N5O4S/c1-21(2)13-25-20-43-30-15-29(31-22(3)9-7-10-23(31)4)35-33(36-30)37-44(41,42)28-12-8-11-24(14-28)32(40)39(25)27-18-34(19-27)16-26(17-34)38(5)6/h7-12,14-15,21,25-27H,13,16-20H2,1-6H3,(H,35,36,37)/t25-,26?,27?,34?/m1/s1. The van der Waals surface area contributed by atoms with Crippen LogP contribution in [0.1, 0.15) is 67.4 Å². The van der Waals surface area contributed by atoms with E-state index in [1.165, 1.54) is 12.1 Å². The van der Waals surface area contributed by atoms with Crippen molar-refractivity contribution in [1.29, 1.82) is 0 Å². The number of ether oxygens (including phenoxy) is 1. The van der Waals surface area contributed by atoms with Gasteiger partial charge in [-0.1, -0.05) is 38.1 Å². The summed E-state index contributed by atoms with van der Waals surface area (Å²) < 4.78 is 36.2. The van der Waals surface area contributed by atoms with Crippen LogP contribution in [0.3, 0.4) is 0 Å². The summed E-state index contributed by atoms with van der Waals surface area (Å²) in [5.41, 5.74) is 4.12. The molecule has 2 saturated carbocycles. The second kappa shape index (κ2) is 11.5. The number of hydrogen-bond donors (Lipinski definition) is 1. The second-order valence-corrected chi connectivity index (χ2v) is 15.4. The molecule has 1 aromatic heterocycles. The van der Waals surface area contributed by atoms with Gasteiger partial charge in [-0.15, -0.1) is 0 Å². The number of nitrogens with one attached hydrogen (secondary N) is 1. The van der Waals surface area contributed by atoms with E-state index in [1.54, 1.807) is 18.2 Å². The smallest absolute Gasteiger partial charge is 0.264 e. The normalized spacial score (nSPS) is 26.1. The van der Waals surface area contributed by atoms with Crippen molar-refractivity contribution >= 4 is 21.9 Å². The Kier molecular flexibility index (Phi) is 7.94. The molecule has 2 aromatic carbocycles. The molecule has 2 heterocycles. The number of fused-ring (bicyclic) bond motifs is 4. The molecule has 9 nitrogen and oxygen atoms in total. The van der Waals surface area contributed by atoms with Crippen molar-refractivity contribution in [2.45, 2.75) is 82.8 Å². The predicted octanol–water partition coefficient (Wildman–Crippen LogP) is 5.68. The molecule has 44 heavy (non-hydrogen) atoms. The van der Waals surface area contributed by atoms with Crippen molar-refractivity contribution in [3.05, 3.63) is 65.2 Å². The van der Waals surface area contributed by atoms with E-state index in [9.17, 15) is 13.2 Å². The van der Waals surface area contributed by atoms with Crippen LogP contribution in [-0.4, -0.2) is 72.9 Å². The van der Waals surface area contributed by atoms with E-state index in [1.807, 2.05) is 36.9 Å². The highest BCUT2D eigenvalue weighted by molar-refractivity contribution is 7.92. The zero-order valence-corrected chi connectivity index (χ0v) is 27.3. The topological polar surface area (TPSA) is 105 Å². The molecule has 6 rings (SSSR count). The first kappa shape index (κ1) is 30.5. The lowest BCUT2D eigenvalue weighted by atomic mass is 9.51. The van der Waals surface area contributed by atoms with Crippen LogP contribution in [0, 0.1) is 25.2 Å². The maximum atomic E-state index is 14.4. The van der Waals surface area contributed by atoms with E-state index in [-0.39, 0.29) is 46.7 Å². The molecule has 3 aliphatic rings. The summed E-state index contributed by atoms with van der Waals surface area (Å²) in [6.45, 7) is 8.54. The molecule has 2 fully saturated rings. The Morgan fingerprint density at radius 1 is 1.02 bits per heavy atom. The summed E-state index contributed by atoms with van der Waals surface area (Å²) in [6, 6.07) is 14.5. The van der Waals surface area contributed by atoms with Gasteiger partial charge in [0.15, 0.2) is 0 Å². The molecular weight excluding hydrogens is 574 g/mol. The summed E-state index contributed by atoms with van der Waals surface area (Å²) in [6.07, 6.45) is 4.94. The molecule has 0 saturated heterocycles. The Morgan fingerprint density at radius 2 is 1.70 bits per heavy atom. The van der Waals surface area contributed by atoms with Crippen LogP contribution in [-0.2, 0) is 10.0 Å². The van der Waals surface area contributed by atoms with Crippen molar-refractivity contribution in [3.63, 3.8) is 0 Å². The lowest BCUT2D eigenvalue weighted by Gasteiger charge is -2.62. The van der Waals surface area contributed by atoms with Gasteiger partial charge in [-0.05, 0) is 101 Å². The Bertz CT molecular complexity index is 1650. The number of carbonyl (C=O) groups excluding carboxylic acids is 1. The highest BCUT2D eigenvalue weighted by atomic mass is 32.2. The Hall–Kier alpha value is -3.50. The quantitative estimate of drug-likeness (QED) is 0.393. The molecule has 1 N–H and O–H groups in total. The number of hydrogen-bond acceptors (Lipinski definition) is 7. The van der Waals surface area contributed by atoms with Crippen LogP contribution in [0.25, 0.3) is 11.3 Å². The second-order valence-electron chi connectivity index (χ2n) is 13.7. The van der Waals surface area contributed by atoms with Crippen LogP contribution < -0.4 is 9.46 Å². The van der Waals surface area contributed by atoms with E-state index in [2.05, 4.69) is 47.5 Å². The SMILES string of the molecule is Cc1cccc(C)c1-c1cc2nc(n1)NS(=O)(=O)c1cccc(c1)C(=O)N(C1CC3(CC(N(C)C)C3)C1)[C@H](CC(C)C)CO2. The number of amides is 1. The first-order valence-electron chi connectivity index (χ1n) is 15.5. The third-order valence-corrected chi connectivity index (χ3v) is 11.0. The van der Waals surface area contributed by atoms with Gasteiger partial charge >= 0.3 is 0 Å². The van der Waals surface area contributed by atoms with Gasteiger partial charge in [0.05, 0.1) is 16.6 Å². The molecule has 10 heteroatoms. The van der Waals surface area contributed by atoms with Crippen molar-refractivity contribution in [1.82, 2.24) is 19.8 Å². The molecule has 234 valence electrons. The maximum Gasteiger partial charge on any atom is 0.264 e. The summed E-state index contributed by atoms with van der Waals surface area (Å²) >= 11 is 0. The Balaban J connectivity index is 1.42. The van der Waals surface area contributed by atoms with E-state index < -0.39 is 10.0 Å². The lowest BCUT2D eigenvalue weighted by Crippen LogP contribution is -2.63. The third kappa shape index (κ3) is 5.81. The molecule has 0 unspecified atom stereocenters. The van der Waals surface area contributed by atoms with E-state index in [0.29, 0.717) is 23.2 Å². The van der Waals surface area contributed by atoms with Gasteiger partial charge in [0, 0.05) is 29.3 Å². The molecule has 2 aliphatic carbocycles. The number of sulfonamides is 1. The number of benzene rings is 2. The minimum atomic E-state index is -4.10. The van der Waals surface area contributed by atoms with Gasteiger partial charge in [0.25, 0.3) is 15.9 Å². The lowest BCUT2D eigenvalue weighted by molar-refractivity contribution is -0.0974. The van der Waals surface area contributed by atoms with Gasteiger partial charge in [-0.25, -0.2) is 18.1 Å². The number of aromatic nitrogens is 2. The molecule has 1 aliphatic heterocycles. The third-order valence-electron chi connectivity index (χ3n) is 9.65. The van der Waals surface area contributed by atoms with Gasteiger partial charge in [0.1, 0.15) is 6.61 Å². The van der Waals surface area contributed by atoms with Crippen molar-refractivity contribution in [2.75, 3.05) is 25.4 Å². The van der Waals surface area contributed by atoms with Crippen LogP contribution in [0.4, 0.5) is 5.95 Å². The van der Waals surface area contributed by atoms with Crippen LogP contribution in [0.2, 0.25) is 0 Å². The Labute approximate surface area is 261 Å². The zero-order chi connectivity index (χ0) is 31.4. The van der Waals surface area contributed by atoms with E-state index in [4.69, 9.17) is 4.74 Å².